The molecule has 0 bridgehead atoms. The number of sulfonamides is 1. The Bertz CT molecular complexity index is 1640. The molecule has 1 atom stereocenters. The second-order valence-electron chi connectivity index (χ2n) is 8.69. The van der Waals surface area contributed by atoms with E-state index in [-0.39, 0.29) is 17.5 Å². The van der Waals surface area contributed by atoms with Crippen molar-refractivity contribution in [3.05, 3.63) is 71.1 Å². The average Bonchev–Trinajstić information content (AvgIpc) is 3.62. The fourth-order valence-electron chi connectivity index (χ4n) is 4.58. The predicted octanol–water partition coefficient (Wildman–Crippen LogP) is 4.43. The molecule has 0 spiro atoms. The molecule has 4 aromatic rings. The van der Waals surface area contributed by atoms with Crippen LogP contribution in [0.15, 0.2) is 59.8 Å². The van der Waals surface area contributed by atoms with E-state index in [1.807, 2.05) is 18.2 Å². The highest BCUT2D eigenvalue weighted by Gasteiger charge is 2.32. The van der Waals surface area contributed by atoms with Crippen LogP contribution < -0.4 is 14.9 Å². The molecule has 2 N–H and O–H groups in total. The highest BCUT2D eigenvalue weighted by Crippen LogP contribution is 2.37. The summed E-state index contributed by atoms with van der Waals surface area (Å²) in [4.78, 5) is 9.44. The lowest BCUT2D eigenvalue weighted by molar-refractivity contribution is 0.564. The van der Waals surface area contributed by atoms with E-state index in [1.165, 1.54) is 28.8 Å². The highest BCUT2D eigenvalue weighted by atomic mass is 32.2. The Labute approximate surface area is 212 Å². The second-order valence-corrected chi connectivity index (χ2v) is 11.6. The van der Waals surface area contributed by atoms with Gasteiger partial charge in [-0.15, -0.1) is 11.3 Å². The van der Waals surface area contributed by atoms with E-state index < -0.39 is 15.8 Å². The summed E-state index contributed by atoms with van der Waals surface area (Å²) in [6.07, 6.45) is 4.27. The number of benzene rings is 2. The van der Waals surface area contributed by atoms with Crippen molar-refractivity contribution in [3.63, 3.8) is 0 Å². The van der Waals surface area contributed by atoms with E-state index in [0.29, 0.717) is 17.9 Å². The van der Waals surface area contributed by atoms with Crippen molar-refractivity contribution < 1.29 is 12.8 Å². The third kappa shape index (κ3) is 4.19. The monoisotopic (exact) mass is 519 g/mol. The van der Waals surface area contributed by atoms with Gasteiger partial charge in [0.1, 0.15) is 17.0 Å². The third-order valence-corrected chi connectivity index (χ3v) is 9.23. The van der Waals surface area contributed by atoms with Crippen LogP contribution in [0.1, 0.15) is 23.3 Å². The molecule has 2 aliphatic rings. The minimum absolute atomic E-state index is 0.243. The first-order chi connectivity index (χ1) is 17.5. The van der Waals surface area contributed by atoms with Crippen molar-refractivity contribution in [3.8, 4) is 11.8 Å². The summed E-state index contributed by atoms with van der Waals surface area (Å²) in [7, 11) is -3.99. The number of aromatic nitrogens is 2. The van der Waals surface area contributed by atoms with E-state index in [4.69, 9.17) is 0 Å². The summed E-state index contributed by atoms with van der Waals surface area (Å²) >= 11 is 1.54. The first kappa shape index (κ1) is 22.9. The lowest BCUT2D eigenvalue weighted by Gasteiger charge is -2.20. The van der Waals surface area contributed by atoms with Crippen LogP contribution in [0, 0.1) is 17.7 Å². The maximum Gasteiger partial charge on any atom is 0.267 e. The van der Waals surface area contributed by atoms with Crippen LogP contribution in [-0.2, 0) is 16.4 Å². The molecule has 1 fully saturated rings. The molecule has 2 aromatic carbocycles. The van der Waals surface area contributed by atoms with Crippen molar-refractivity contribution in [2.45, 2.75) is 30.2 Å². The van der Waals surface area contributed by atoms with E-state index in [0.717, 1.165) is 51.8 Å². The van der Waals surface area contributed by atoms with Crippen molar-refractivity contribution in [1.29, 1.82) is 0 Å². The zero-order valence-corrected chi connectivity index (χ0v) is 20.8. The summed E-state index contributed by atoms with van der Waals surface area (Å²) in [5, 5.41) is 6.73. The van der Waals surface area contributed by atoms with Gasteiger partial charge in [-0.05, 0) is 67.8 Å². The first-order valence-corrected chi connectivity index (χ1v) is 13.9. The molecule has 36 heavy (non-hydrogen) atoms. The van der Waals surface area contributed by atoms with Crippen molar-refractivity contribution in [1.82, 2.24) is 15.3 Å². The van der Waals surface area contributed by atoms with Crippen LogP contribution in [0.25, 0.3) is 10.2 Å². The molecule has 4 heterocycles. The zero-order valence-electron chi connectivity index (χ0n) is 19.2. The SMILES string of the molecule is O=S(=O)(c1ccccc1F)N1CCc2cc(Nc3ncnc4cc(C#C[C@@H]5CCCN5)sc34)ccc21. The Kier molecular flexibility index (Phi) is 5.84. The van der Waals surface area contributed by atoms with E-state index in [2.05, 4.69) is 32.4 Å². The van der Waals surface area contributed by atoms with Gasteiger partial charge in [0.2, 0.25) is 0 Å². The molecule has 0 radical (unpaired) electrons. The van der Waals surface area contributed by atoms with Gasteiger partial charge in [0.25, 0.3) is 10.0 Å². The number of hydrogen-bond acceptors (Lipinski definition) is 7. The van der Waals surface area contributed by atoms with Gasteiger partial charge < -0.3 is 10.6 Å². The van der Waals surface area contributed by atoms with Gasteiger partial charge in [-0.25, -0.2) is 22.8 Å². The van der Waals surface area contributed by atoms with Gasteiger partial charge in [0.15, 0.2) is 5.82 Å². The van der Waals surface area contributed by atoms with Crippen LogP contribution in [-0.4, -0.2) is 37.5 Å². The summed E-state index contributed by atoms with van der Waals surface area (Å²) in [6, 6.07) is 13.1. The fraction of sp³-hybridized carbons (Fsp3) is 0.231. The number of nitrogens with one attached hydrogen (secondary N) is 2. The molecule has 0 aliphatic carbocycles. The number of thiophene rings is 1. The van der Waals surface area contributed by atoms with Gasteiger partial charge in [-0.1, -0.05) is 24.0 Å². The zero-order chi connectivity index (χ0) is 24.7. The quantitative estimate of drug-likeness (QED) is 0.388. The Morgan fingerprint density at radius 2 is 2.06 bits per heavy atom. The molecule has 10 heteroatoms. The number of rotatable bonds is 4. The van der Waals surface area contributed by atoms with Crippen LogP contribution in [0.5, 0.6) is 0 Å². The van der Waals surface area contributed by atoms with Gasteiger partial charge >= 0.3 is 0 Å². The third-order valence-electron chi connectivity index (χ3n) is 6.34. The van der Waals surface area contributed by atoms with Crippen molar-refractivity contribution in [2.75, 3.05) is 22.7 Å². The average molecular weight is 520 g/mol. The standard InChI is InChI=1S/C26H22FN5O2S2/c27-21-5-1-2-6-24(21)36(33,34)32-13-11-17-14-19(8-10-23(17)32)31-26-25-22(29-16-30-26)15-20(35-25)9-7-18-4-3-12-28-18/h1-2,5-6,8,10,14-16,18,28H,3-4,11-13H2,(H,29,30,31)/t18-/m0/s1. The van der Waals surface area contributed by atoms with Crippen LogP contribution in [0.3, 0.4) is 0 Å². The number of hydrogen-bond donors (Lipinski definition) is 2. The molecule has 2 aromatic heterocycles. The normalized spacial score (nSPS) is 17.1. The molecule has 7 nitrogen and oxygen atoms in total. The first-order valence-electron chi connectivity index (χ1n) is 11.7. The number of anilines is 3. The largest absolute Gasteiger partial charge is 0.339 e. The van der Waals surface area contributed by atoms with Crippen LogP contribution in [0.4, 0.5) is 21.6 Å². The molecular formula is C26H22FN5O2S2. The van der Waals surface area contributed by atoms with Crippen molar-refractivity contribution >= 4 is 48.8 Å². The van der Waals surface area contributed by atoms with E-state index in [9.17, 15) is 12.8 Å². The van der Waals surface area contributed by atoms with Crippen LogP contribution >= 0.6 is 11.3 Å². The van der Waals surface area contributed by atoms with E-state index >= 15 is 0 Å². The summed E-state index contributed by atoms with van der Waals surface area (Å²) in [5.74, 6) is 6.47. The smallest absolute Gasteiger partial charge is 0.267 e. The second kappa shape index (κ2) is 9.17. The Balaban J connectivity index is 1.26. The lowest BCUT2D eigenvalue weighted by Crippen LogP contribution is -2.29. The molecule has 2 aliphatic heterocycles. The number of fused-ring (bicyclic) bond motifs is 2. The van der Waals surface area contributed by atoms with E-state index in [1.54, 1.807) is 17.4 Å². The maximum atomic E-state index is 14.2. The minimum atomic E-state index is -3.99. The molecule has 6 rings (SSSR count). The molecule has 0 unspecified atom stereocenters. The predicted molar refractivity (Wildman–Crippen MR) is 140 cm³/mol. The Morgan fingerprint density at radius 3 is 2.89 bits per heavy atom. The molecule has 182 valence electrons. The molecule has 0 amide bonds. The highest BCUT2D eigenvalue weighted by molar-refractivity contribution is 7.92. The lowest BCUT2D eigenvalue weighted by atomic mass is 10.1. The van der Waals surface area contributed by atoms with Gasteiger partial charge in [-0.3, -0.25) is 4.31 Å². The Morgan fingerprint density at radius 1 is 1.17 bits per heavy atom. The maximum absolute atomic E-state index is 14.2. The van der Waals surface area contributed by atoms with Gasteiger partial charge in [0.05, 0.1) is 26.8 Å². The topological polar surface area (TPSA) is 87.2 Å². The number of halogens is 1. The van der Waals surface area contributed by atoms with Gasteiger partial charge in [0, 0.05) is 12.2 Å². The van der Waals surface area contributed by atoms with Crippen LogP contribution in [0.2, 0.25) is 0 Å². The minimum Gasteiger partial charge on any atom is -0.339 e. The van der Waals surface area contributed by atoms with Gasteiger partial charge in [-0.2, -0.15) is 0 Å². The Hall–Kier alpha value is -3.52. The number of nitrogens with zero attached hydrogens (tertiary/aromatic N) is 3. The fourth-order valence-corrected chi connectivity index (χ4v) is 7.07. The molecular weight excluding hydrogens is 497 g/mol. The summed E-state index contributed by atoms with van der Waals surface area (Å²) in [5.41, 5.74) is 3.04. The summed E-state index contributed by atoms with van der Waals surface area (Å²) < 4.78 is 42.7. The van der Waals surface area contributed by atoms with Crippen molar-refractivity contribution in [2.24, 2.45) is 0 Å². The molecule has 1 saturated heterocycles. The summed E-state index contributed by atoms with van der Waals surface area (Å²) in [6.45, 7) is 1.27. The molecule has 0 saturated carbocycles.